The first-order valence-corrected chi connectivity index (χ1v) is 8.70. The van der Waals surface area contributed by atoms with Crippen molar-refractivity contribution in [2.45, 2.75) is 27.2 Å². The normalized spacial score (nSPS) is 10.8. The molecule has 0 bridgehead atoms. The molecule has 5 heteroatoms. The van der Waals surface area contributed by atoms with Crippen LogP contribution in [0.2, 0.25) is 0 Å². The Bertz CT molecular complexity index is 927. The van der Waals surface area contributed by atoms with E-state index >= 15 is 0 Å². The smallest absolute Gasteiger partial charge is 0.356 e. The maximum atomic E-state index is 11.9. The Morgan fingerprint density at radius 3 is 2.54 bits per heavy atom. The van der Waals surface area contributed by atoms with Gasteiger partial charge in [0.05, 0.1) is 12.3 Å². The van der Waals surface area contributed by atoms with Crippen molar-refractivity contribution in [1.29, 1.82) is 0 Å². The molecule has 5 nitrogen and oxygen atoms in total. The first-order chi connectivity index (χ1) is 12.5. The average Bonchev–Trinajstić information content (AvgIpc) is 2.96. The van der Waals surface area contributed by atoms with Gasteiger partial charge in [0, 0.05) is 25.0 Å². The molecule has 3 aromatic rings. The summed E-state index contributed by atoms with van der Waals surface area (Å²) in [5.74, 6) is -0.379. The summed E-state index contributed by atoms with van der Waals surface area (Å²) in [6.07, 6.45) is 4.50. The zero-order valence-corrected chi connectivity index (χ0v) is 15.6. The molecule has 0 radical (unpaired) electrons. The van der Waals surface area contributed by atoms with Gasteiger partial charge < -0.3 is 4.74 Å². The number of pyridine rings is 1. The van der Waals surface area contributed by atoms with E-state index in [9.17, 15) is 4.79 Å². The topological polar surface area (TPSA) is 57.0 Å². The van der Waals surface area contributed by atoms with Crippen LogP contribution < -0.4 is 0 Å². The summed E-state index contributed by atoms with van der Waals surface area (Å²) >= 11 is 0. The third-order valence-electron chi connectivity index (χ3n) is 4.37. The molecule has 134 valence electrons. The fourth-order valence-corrected chi connectivity index (χ4v) is 2.98. The highest BCUT2D eigenvalue weighted by molar-refractivity contribution is 5.87. The van der Waals surface area contributed by atoms with E-state index in [0.717, 1.165) is 34.4 Å². The molecule has 2 heterocycles. The van der Waals surface area contributed by atoms with Crippen LogP contribution in [0.25, 0.3) is 11.1 Å². The van der Waals surface area contributed by atoms with Gasteiger partial charge in [0.1, 0.15) is 5.69 Å². The maximum absolute atomic E-state index is 11.9. The van der Waals surface area contributed by atoms with Crippen LogP contribution in [0, 0.1) is 13.8 Å². The van der Waals surface area contributed by atoms with Gasteiger partial charge in [0.25, 0.3) is 0 Å². The summed E-state index contributed by atoms with van der Waals surface area (Å²) in [6, 6.07) is 10.3. The van der Waals surface area contributed by atoms with Gasteiger partial charge in [0.2, 0.25) is 0 Å². The quantitative estimate of drug-likeness (QED) is 0.656. The van der Waals surface area contributed by atoms with Crippen LogP contribution in [0.4, 0.5) is 0 Å². The van der Waals surface area contributed by atoms with Crippen LogP contribution in [0.3, 0.4) is 0 Å². The van der Waals surface area contributed by atoms with Gasteiger partial charge in [-0.15, -0.1) is 0 Å². The minimum absolute atomic E-state index is 0.346. The predicted octanol–water partition coefficient (Wildman–Crippen LogP) is 3.87. The number of hydrogen-bond donors (Lipinski definition) is 0. The third-order valence-corrected chi connectivity index (χ3v) is 4.37. The van der Waals surface area contributed by atoms with Crippen molar-refractivity contribution >= 4 is 5.97 Å². The Labute approximate surface area is 153 Å². The second-order valence-electron chi connectivity index (χ2n) is 6.39. The van der Waals surface area contributed by atoms with Gasteiger partial charge in [-0.25, -0.2) is 9.78 Å². The van der Waals surface area contributed by atoms with Gasteiger partial charge in [-0.05, 0) is 55.5 Å². The van der Waals surface area contributed by atoms with Crippen LogP contribution in [0.5, 0.6) is 0 Å². The van der Waals surface area contributed by atoms with Gasteiger partial charge in [-0.3, -0.25) is 4.68 Å². The van der Waals surface area contributed by atoms with Crippen molar-refractivity contribution in [2.24, 2.45) is 7.05 Å². The standard InChI is InChI=1S/C21H23N3O2/c1-5-26-21(25)20-11-18(14(2)12-22-20)10-16-6-8-17(9-7-16)19-13-24(4)23-15(19)3/h6-9,11-13H,5,10H2,1-4H3. The van der Waals surface area contributed by atoms with Crippen molar-refractivity contribution in [3.63, 3.8) is 0 Å². The molecule has 26 heavy (non-hydrogen) atoms. The number of rotatable bonds is 5. The zero-order valence-electron chi connectivity index (χ0n) is 15.6. The minimum atomic E-state index is -0.379. The minimum Gasteiger partial charge on any atom is -0.461 e. The number of esters is 1. The lowest BCUT2D eigenvalue weighted by Crippen LogP contribution is -2.08. The highest BCUT2D eigenvalue weighted by atomic mass is 16.5. The molecule has 3 rings (SSSR count). The Kier molecular flexibility index (Phi) is 5.16. The van der Waals surface area contributed by atoms with Crippen molar-refractivity contribution in [2.75, 3.05) is 6.61 Å². The van der Waals surface area contributed by atoms with E-state index in [4.69, 9.17) is 4.74 Å². The number of aryl methyl sites for hydroxylation is 3. The zero-order chi connectivity index (χ0) is 18.7. The number of ether oxygens (including phenoxy) is 1. The molecule has 0 fully saturated rings. The van der Waals surface area contributed by atoms with Crippen molar-refractivity contribution < 1.29 is 9.53 Å². The summed E-state index contributed by atoms with van der Waals surface area (Å²) in [6.45, 7) is 6.16. The van der Waals surface area contributed by atoms with Crippen LogP contribution in [0.1, 0.15) is 39.8 Å². The molecule has 1 aromatic carbocycles. The molecule has 0 aliphatic carbocycles. The molecule has 0 atom stereocenters. The highest BCUT2D eigenvalue weighted by Crippen LogP contribution is 2.24. The third kappa shape index (κ3) is 3.82. The fourth-order valence-electron chi connectivity index (χ4n) is 2.98. The Morgan fingerprint density at radius 2 is 1.92 bits per heavy atom. The van der Waals surface area contributed by atoms with Gasteiger partial charge in [-0.1, -0.05) is 24.3 Å². The molecule has 0 spiro atoms. The number of benzene rings is 1. The molecule has 0 unspecified atom stereocenters. The van der Waals surface area contributed by atoms with Gasteiger partial charge in [-0.2, -0.15) is 5.10 Å². The highest BCUT2D eigenvalue weighted by Gasteiger charge is 2.11. The number of hydrogen-bond acceptors (Lipinski definition) is 4. The fraction of sp³-hybridized carbons (Fsp3) is 0.286. The van der Waals surface area contributed by atoms with E-state index in [1.54, 1.807) is 13.1 Å². The van der Waals surface area contributed by atoms with Crippen molar-refractivity contribution in [3.8, 4) is 11.1 Å². The second kappa shape index (κ2) is 7.52. The van der Waals surface area contributed by atoms with E-state index in [2.05, 4.69) is 34.3 Å². The van der Waals surface area contributed by atoms with Crippen LogP contribution in [-0.4, -0.2) is 27.3 Å². The summed E-state index contributed by atoms with van der Waals surface area (Å²) in [4.78, 5) is 16.1. The molecule has 2 aromatic heterocycles. The predicted molar refractivity (Wildman–Crippen MR) is 101 cm³/mol. The van der Waals surface area contributed by atoms with E-state index in [1.807, 2.05) is 37.8 Å². The Morgan fingerprint density at radius 1 is 1.19 bits per heavy atom. The lowest BCUT2D eigenvalue weighted by Gasteiger charge is -2.09. The maximum Gasteiger partial charge on any atom is 0.356 e. The SMILES string of the molecule is CCOC(=O)c1cc(Cc2ccc(-c3cn(C)nc3C)cc2)c(C)cn1. The molecule has 0 N–H and O–H groups in total. The first-order valence-electron chi connectivity index (χ1n) is 8.70. The van der Waals surface area contributed by atoms with Crippen LogP contribution in [0.15, 0.2) is 42.7 Å². The molecule has 0 saturated carbocycles. The Balaban J connectivity index is 1.82. The molecule has 0 aliphatic rings. The summed E-state index contributed by atoms with van der Waals surface area (Å²) in [7, 11) is 1.93. The monoisotopic (exact) mass is 349 g/mol. The summed E-state index contributed by atoms with van der Waals surface area (Å²) < 4.78 is 6.87. The van der Waals surface area contributed by atoms with E-state index in [1.165, 1.54) is 5.56 Å². The lowest BCUT2D eigenvalue weighted by molar-refractivity contribution is 0.0519. The Hall–Kier alpha value is -2.95. The van der Waals surface area contributed by atoms with Crippen molar-refractivity contribution in [1.82, 2.24) is 14.8 Å². The van der Waals surface area contributed by atoms with Gasteiger partial charge >= 0.3 is 5.97 Å². The van der Waals surface area contributed by atoms with E-state index in [-0.39, 0.29) is 5.97 Å². The summed E-state index contributed by atoms with van der Waals surface area (Å²) in [5.41, 5.74) is 6.99. The number of carbonyl (C=O) groups is 1. The van der Waals surface area contributed by atoms with Gasteiger partial charge in [0.15, 0.2) is 0 Å². The molecule has 0 amide bonds. The van der Waals surface area contributed by atoms with Crippen LogP contribution >= 0.6 is 0 Å². The molecule has 0 saturated heterocycles. The largest absolute Gasteiger partial charge is 0.461 e. The number of carbonyl (C=O) groups excluding carboxylic acids is 1. The second-order valence-corrected chi connectivity index (χ2v) is 6.39. The lowest BCUT2D eigenvalue weighted by atomic mass is 9.99. The number of aromatic nitrogens is 3. The average molecular weight is 349 g/mol. The van der Waals surface area contributed by atoms with Crippen LogP contribution in [-0.2, 0) is 18.2 Å². The van der Waals surface area contributed by atoms with E-state index < -0.39 is 0 Å². The molecular weight excluding hydrogens is 326 g/mol. The molecular formula is C21H23N3O2. The number of nitrogens with zero attached hydrogens (tertiary/aromatic N) is 3. The van der Waals surface area contributed by atoms with E-state index in [0.29, 0.717) is 12.3 Å². The summed E-state index contributed by atoms with van der Waals surface area (Å²) in [5, 5.41) is 4.40. The van der Waals surface area contributed by atoms with Crippen molar-refractivity contribution in [3.05, 3.63) is 70.8 Å². The molecule has 0 aliphatic heterocycles. The first kappa shape index (κ1) is 17.9.